The summed E-state index contributed by atoms with van der Waals surface area (Å²) >= 11 is 0. The van der Waals surface area contributed by atoms with Crippen LogP contribution >= 0.6 is 0 Å². The van der Waals surface area contributed by atoms with Crippen LogP contribution in [0.15, 0.2) is 0 Å². The van der Waals surface area contributed by atoms with Gasteiger partial charge in [0.05, 0.1) is 0 Å². The van der Waals surface area contributed by atoms with E-state index in [9.17, 15) is 0 Å². The number of hydrogen-bond acceptors (Lipinski definition) is 1. The predicted octanol–water partition coefficient (Wildman–Crippen LogP) is 1.77. The third-order valence-electron chi connectivity index (χ3n) is 2.74. The Morgan fingerprint density at radius 3 is 2.11 bits per heavy atom. The van der Waals surface area contributed by atoms with Crippen molar-refractivity contribution in [1.82, 2.24) is 0 Å². The van der Waals surface area contributed by atoms with E-state index in [4.69, 9.17) is 5.73 Å². The fourth-order valence-corrected chi connectivity index (χ4v) is 1.86. The lowest BCUT2D eigenvalue weighted by Gasteiger charge is -2.46. The van der Waals surface area contributed by atoms with Crippen LogP contribution in [-0.2, 0) is 0 Å². The van der Waals surface area contributed by atoms with E-state index in [2.05, 4.69) is 20.8 Å². The number of hydrogen-bond donors (Lipinski definition) is 1. The van der Waals surface area contributed by atoms with Gasteiger partial charge in [0.15, 0.2) is 0 Å². The highest BCUT2D eigenvalue weighted by Crippen LogP contribution is 2.46. The lowest BCUT2D eigenvalue weighted by molar-refractivity contribution is 0.0544. The molecule has 1 aliphatic carbocycles. The first-order valence-corrected chi connectivity index (χ1v) is 3.79. The van der Waals surface area contributed by atoms with Gasteiger partial charge in [-0.25, -0.2) is 0 Å². The molecule has 0 heterocycles. The molecule has 1 saturated carbocycles. The maximum atomic E-state index is 5.77. The summed E-state index contributed by atoms with van der Waals surface area (Å²) in [6, 6.07) is 0.397. The molecular weight excluding hydrogens is 110 g/mol. The van der Waals surface area contributed by atoms with Gasteiger partial charge in [-0.1, -0.05) is 13.8 Å². The van der Waals surface area contributed by atoms with Crippen molar-refractivity contribution in [2.75, 3.05) is 0 Å². The average Bonchev–Trinajstić information content (AvgIpc) is 1.62. The van der Waals surface area contributed by atoms with Crippen LogP contribution < -0.4 is 5.73 Å². The first kappa shape index (κ1) is 7.07. The second kappa shape index (κ2) is 1.98. The van der Waals surface area contributed by atoms with E-state index in [1.54, 1.807) is 0 Å². The Morgan fingerprint density at radius 2 is 2.11 bits per heavy atom. The largest absolute Gasteiger partial charge is 0.328 e. The van der Waals surface area contributed by atoms with Crippen LogP contribution in [0.1, 0.15) is 33.6 Å². The molecule has 0 aromatic rings. The van der Waals surface area contributed by atoms with Crippen LogP contribution in [0.3, 0.4) is 0 Å². The molecule has 0 bridgehead atoms. The Kier molecular flexibility index (Phi) is 1.55. The second-order valence-corrected chi connectivity index (χ2v) is 3.99. The van der Waals surface area contributed by atoms with E-state index in [0.717, 1.165) is 5.92 Å². The van der Waals surface area contributed by atoms with Crippen molar-refractivity contribution in [1.29, 1.82) is 0 Å². The van der Waals surface area contributed by atoms with Crippen LogP contribution in [0.25, 0.3) is 0 Å². The van der Waals surface area contributed by atoms with Gasteiger partial charge in [0, 0.05) is 6.04 Å². The number of rotatable bonds is 1. The molecule has 0 aliphatic heterocycles. The normalized spacial score (nSPS) is 35.3. The lowest BCUT2D eigenvalue weighted by atomic mass is 9.60. The van der Waals surface area contributed by atoms with Crippen molar-refractivity contribution in [3.8, 4) is 0 Å². The van der Waals surface area contributed by atoms with Crippen LogP contribution in [0.5, 0.6) is 0 Å². The number of nitrogens with two attached hydrogens (primary N) is 1. The highest BCUT2D eigenvalue weighted by atomic mass is 14.7. The fraction of sp³-hybridized carbons (Fsp3) is 1.00. The highest BCUT2D eigenvalue weighted by Gasteiger charge is 2.40. The molecule has 2 atom stereocenters. The quantitative estimate of drug-likeness (QED) is 0.570. The van der Waals surface area contributed by atoms with Gasteiger partial charge < -0.3 is 5.73 Å². The Morgan fingerprint density at radius 1 is 1.56 bits per heavy atom. The Bertz CT molecular complexity index is 105. The van der Waals surface area contributed by atoms with E-state index in [1.807, 2.05) is 0 Å². The van der Waals surface area contributed by atoms with Crippen molar-refractivity contribution in [2.45, 2.75) is 39.7 Å². The minimum Gasteiger partial charge on any atom is -0.328 e. The smallest absolute Gasteiger partial charge is 0.00438 e. The molecule has 0 unspecified atom stereocenters. The van der Waals surface area contributed by atoms with Gasteiger partial charge in [-0.2, -0.15) is 0 Å². The Labute approximate surface area is 57.6 Å². The van der Waals surface area contributed by atoms with Crippen LogP contribution in [0.4, 0.5) is 0 Å². The van der Waals surface area contributed by atoms with Gasteiger partial charge in [-0.15, -0.1) is 0 Å². The third-order valence-corrected chi connectivity index (χ3v) is 2.74. The minimum absolute atomic E-state index is 0.397. The maximum absolute atomic E-state index is 5.77. The van der Waals surface area contributed by atoms with Crippen molar-refractivity contribution < 1.29 is 0 Å². The van der Waals surface area contributed by atoms with Crippen LogP contribution in [0, 0.1) is 11.3 Å². The zero-order valence-corrected chi connectivity index (χ0v) is 6.65. The molecule has 1 fully saturated rings. The average molecular weight is 127 g/mol. The first-order valence-electron chi connectivity index (χ1n) is 3.79. The molecule has 0 aromatic heterocycles. The molecule has 0 radical (unpaired) electrons. The summed E-state index contributed by atoms with van der Waals surface area (Å²) in [5, 5.41) is 0. The summed E-state index contributed by atoms with van der Waals surface area (Å²) in [6.45, 7) is 6.74. The zero-order valence-electron chi connectivity index (χ0n) is 6.65. The van der Waals surface area contributed by atoms with Gasteiger partial charge in [-0.3, -0.25) is 0 Å². The molecule has 0 spiro atoms. The fourth-order valence-electron chi connectivity index (χ4n) is 1.86. The van der Waals surface area contributed by atoms with Gasteiger partial charge in [0.1, 0.15) is 0 Å². The summed E-state index contributed by atoms with van der Waals surface area (Å²) in [4.78, 5) is 0. The van der Waals surface area contributed by atoms with Gasteiger partial charge in [-0.05, 0) is 31.1 Å². The predicted molar refractivity (Wildman–Crippen MR) is 40.2 cm³/mol. The molecule has 1 aliphatic rings. The minimum atomic E-state index is 0.397. The topological polar surface area (TPSA) is 26.0 Å². The van der Waals surface area contributed by atoms with E-state index >= 15 is 0 Å². The van der Waals surface area contributed by atoms with Crippen LogP contribution in [-0.4, -0.2) is 6.04 Å². The third kappa shape index (κ3) is 1.11. The van der Waals surface area contributed by atoms with Gasteiger partial charge in [0.25, 0.3) is 0 Å². The van der Waals surface area contributed by atoms with E-state index in [0.29, 0.717) is 11.5 Å². The molecule has 0 aromatic carbocycles. The van der Waals surface area contributed by atoms with Crippen molar-refractivity contribution in [3.05, 3.63) is 0 Å². The molecular formula is C8H17N. The molecule has 0 amide bonds. The Balaban J connectivity index is 2.45. The van der Waals surface area contributed by atoms with Crippen molar-refractivity contribution in [3.63, 3.8) is 0 Å². The van der Waals surface area contributed by atoms with Gasteiger partial charge in [0.2, 0.25) is 0 Å². The molecule has 0 saturated heterocycles. The van der Waals surface area contributed by atoms with Crippen LogP contribution in [0.2, 0.25) is 0 Å². The SMILES string of the molecule is C[C@H](N)[C@H]1CCC1(C)C. The first-order chi connectivity index (χ1) is 4.04. The molecule has 1 nitrogen and oxygen atoms in total. The molecule has 1 rings (SSSR count). The summed E-state index contributed by atoms with van der Waals surface area (Å²) in [5.41, 5.74) is 6.31. The van der Waals surface area contributed by atoms with E-state index in [-0.39, 0.29) is 0 Å². The highest BCUT2D eigenvalue weighted by molar-refractivity contribution is 4.92. The summed E-state index contributed by atoms with van der Waals surface area (Å²) in [5.74, 6) is 0.775. The standard InChI is InChI=1S/C8H17N/c1-6(9)7-4-5-8(7,2)3/h6-7H,4-5,9H2,1-3H3/t6-,7+/m0/s1. The zero-order chi connectivity index (χ0) is 7.07. The summed E-state index contributed by atoms with van der Waals surface area (Å²) < 4.78 is 0. The van der Waals surface area contributed by atoms with Gasteiger partial charge >= 0.3 is 0 Å². The lowest BCUT2D eigenvalue weighted by Crippen LogP contribution is -2.45. The molecule has 54 valence electrons. The van der Waals surface area contributed by atoms with E-state index in [1.165, 1.54) is 12.8 Å². The maximum Gasteiger partial charge on any atom is 0.00438 e. The molecule has 9 heavy (non-hydrogen) atoms. The second-order valence-electron chi connectivity index (χ2n) is 3.99. The van der Waals surface area contributed by atoms with Crippen molar-refractivity contribution in [2.24, 2.45) is 17.1 Å². The van der Waals surface area contributed by atoms with E-state index < -0.39 is 0 Å². The monoisotopic (exact) mass is 127 g/mol. The molecule has 2 N–H and O–H groups in total. The summed E-state index contributed by atoms with van der Waals surface area (Å²) in [6.07, 6.45) is 2.70. The molecule has 1 heteroatoms. The summed E-state index contributed by atoms with van der Waals surface area (Å²) in [7, 11) is 0. The Hall–Kier alpha value is -0.0400. The van der Waals surface area contributed by atoms with Crippen molar-refractivity contribution >= 4 is 0 Å².